The molecule has 0 saturated carbocycles. The van der Waals surface area contributed by atoms with E-state index in [4.69, 9.17) is 18.9 Å². The lowest BCUT2D eigenvalue weighted by molar-refractivity contribution is -0.310. The number of benzene rings is 3. The van der Waals surface area contributed by atoms with E-state index in [-0.39, 0.29) is 73.7 Å². The summed E-state index contributed by atoms with van der Waals surface area (Å²) < 4.78 is 23.4. The van der Waals surface area contributed by atoms with E-state index in [0.29, 0.717) is 59.7 Å². The maximum atomic E-state index is 13.0. The van der Waals surface area contributed by atoms with E-state index in [1.165, 1.54) is 30.4 Å². The minimum absolute atomic E-state index is 0.00127. The molecule has 2 saturated heterocycles. The lowest BCUT2D eigenvalue weighted by Crippen LogP contribution is -2.68. The lowest BCUT2D eigenvalue weighted by Gasteiger charge is -2.46. The number of aliphatic hydroxyl groups excluding tert-OH is 6. The van der Waals surface area contributed by atoms with E-state index < -0.39 is 138 Å². The van der Waals surface area contributed by atoms with Gasteiger partial charge in [-0.25, -0.2) is 4.79 Å². The standard InChI is InChI=1S/C63H79N7O21S2/c1-35(72)69-46-42(75)28-62(34-71,90-58(46)52(79)44(77)32-67-50-48(54(81)56(50)83)65-30-37-12-5-3-6-13-37)88-22-10-26-93-27-21-64-60(85)40-19-17-39(18-20-40)41(74)16-9-24-92-25-11-23-89-63(61(86)87)29-43(76)47(70-36(2)73)59(91-63)53(80)45(78)33-68-51-49(55(82)57(51)84)66-31-38-14-7-4-8-15-38/h3-8,12-15,17-20,34,42-47,52-53,58-59,65-68,75-80H,9-11,16,21-33H2,1-2H3,(H,64,85)(H,69,72)(H,70,73)(H,86,87)/t42-,43-,44+,45+,46+,47+,52+,53+,58+,59+,62+,63+/m0/s1. The largest absolute Gasteiger partial charge is 0.477 e. The van der Waals surface area contributed by atoms with E-state index in [2.05, 4.69) is 37.2 Å². The van der Waals surface area contributed by atoms with Gasteiger partial charge in [-0.2, -0.15) is 23.5 Å². The fourth-order valence-corrected chi connectivity index (χ4v) is 12.2. The second-order valence-electron chi connectivity index (χ2n) is 22.5. The summed E-state index contributed by atoms with van der Waals surface area (Å²) in [6.07, 6.45) is -13.1. The van der Waals surface area contributed by atoms with Crippen LogP contribution in [0.3, 0.4) is 0 Å². The zero-order valence-electron chi connectivity index (χ0n) is 51.1. The lowest BCUT2D eigenvalue weighted by atomic mass is 9.88. The van der Waals surface area contributed by atoms with Gasteiger partial charge < -0.3 is 91.9 Å². The quantitative estimate of drug-likeness (QED) is 0.0104. The first-order valence-electron chi connectivity index (χ1n) is 30.2. The molecule has 5 aromatic rings. The van der Waals surface area contributed by atoms with Gasteiger partial charge in [0.25, 0.3) is 33.4 Å². The zero-order valence-corrected chi connectivity index (χ0v) is 52.8. The summed E-state index contributed by atoms with van der Waals surface area (Å²) >= 11 is 2.94. The molecule has 2 aliphatic heterocycles. The number of nitrogens with one attached hydrogen (secondary N) is 7. The van der Waals surface area contributed by atoms with E-state index >= 15 is 0 Å². The Balaban J connectivity index is 0.772. The van der Waals surface area contributed by atoms with Gasteiger partial charge in [0.05, 0.1) is 49.7 Å². The van der Waals surface area contributed by atoms with E-state index in [1.54, 1.807) is 36.4 Å². The third-order valence-electron chi connectivity index (χ3n) is 15.5. The summed E-state index contributed by atoms with van der Waals surface area (Å²) in [6, 6.07) is 21.6. The van der Waals surface area contributed by atoms with Gasteiger partial charge in [-0.15, -0.1) is 0 Å². The number of aliphatic hydroxyl groups is 6. The topological polar surface area (TPSA) is 433 Å². The number of Topliss-reactive ketones (excluding diaryl/α,β-unsaturated/α-hetero) is 1. The average Bonchev–Trinajstić information content (AvgIpc) is 0.800. The summed E-state index contributed by atoms with van der Waals surface area (Å²) in [4.78, 5) is 125. The molecule has 93 heavy (non-hydrogen) atoms. The minimum atomic E-state index is -2.51. The number of carbonyl (C=O) groups excluding carboxylic acids is 5. The predicted octanol–water partition coefficient (Wildman–Crippen LogP) is -0.272. The van der Waals surface area contributed by atoms with E-state index in [0.717, 1.165) is 18.1 Å². The molecule has 504 valence electrons. The maximum absolute atomic E-state index is 13.0. The zero-order chi connectivity index (χ0) is 67.4. The highest BCUT2D eigenvalue weighted by Gasteiger charge is 2.56. The molecule has 2 heterocycles. The monoisotopic (exact) mass is 1330 g/mol. The molecule has 3 amide bonds. The molecule has 0 bridgehead atoms. The normalized spacial score (nSPS) is 22.6. The van der Waals surface area contributed by atoms with E-state index in [1.807, 2.05) is 48.5 Å². The number of aldehydes is 1. The summed E-state index contributed by atoms with van der Waals surface area (Å²) in [5.41, 5.74) is -1.09. The Hall–Kier alpha value is -7.46. The number of thioether (sulfide) groups is 2. The summed E-state index contributed by atoms with van der Waals surface area (Å²) in [5.74, 6) is -5.96. The van der Waals surface area contributed by atoms with Crippen molar-refractivity contribution >= 4 is 82.0 Å². The van der Waals surface area contributed by atoms with Crippen molar-refractivity contribution in [2.24, 2.45) is 0 Å². The molecular weight excluding hydrogens is 1250 g/mol. The van der Waals surface area contributed by atoms with Crippen LogP contribution >= 0.6 is 23.5 Å². The number of hydrogen-bond donors (Lipinski definition) is 14. The molecule has 0 unspecified atom stereocenters. The number of rotatable bonds is 39. The van der Waals surface area contributed by atoms with Gasteiger partial charge in [0.15, 0.2) is 12.1 Å². The molecular formula is C63H79N7O21S2. The molecule has 5 aromatic carbocycles. The maximum Gasteiger partial charge on any atom is 0.364 e. The molecule has 2 aliphatic rings. The van der Waals surface area contributed by atoms with Gasteiger partial charge in [-0.3, -0.25) is 43.2 Å². The Kier molecular flexibility index (Phi) is 27.2. The van der Waals surface area contributed by atoms with Gasteiger partial charge in [0.1, 0.15) is 47.2 Å². The summed E-state index contributed by atoms with van der Waals surface area (Å²) in [6.45, 7) is 1.82. The van der Waals surface area contributed by atoms with Gasteiger partial charge in [-0.1, -0.05) is 72.8 Å². The van der Waals surface area contributed by atoms with Crippen molar-refractivity contribution in [1.82, 2.24) is 16.0 Å². The number of anilines is 4. The molecule has 7 rings (SSSR count). The minimum Gasteiger partial charge on any atom is -0.477 e. The molecule has 2 fully saturated rings. The Bertz CT molecular complexity index is 3460. The number of carboxylic acid groups (broad SMARTS) is 1. The Labute approximate surface area is 542 Å². The highest BCUT2D eigenvalue weighted by molar-refractivity contribution is 7.99. The van der Waals surface area contributed by atoms with Gasteiger partial charge in [-0.05, 0) is 59.8 Å². The smallest absolute Gasteiger partial charge is 0.364 e. The van der Waals surface area contributed by atoms with Crippen LogP contribution in [0.1, 0.15) is 84.2 Å². The molecule has 0 aromatic heterocycles. The highest BCUT2D eigenvalue weighted by Crippen LogP contribution is 2.35. The molecule has 12 atom stereocenters. The van der Waals surface area contributed by atoms with Crippen molar-refractivity contribution in [1.29, 1.82) is 0 Å². The predicted molar refractivity (Wildman–Crippen MR) is 345 cm³/mol. The van der Waals surface area contributed by atoms with Crippen LogP contribution in [0.15, 0.2) is 104 Å². The highest BCUT2D eigenvalue weighted by atomic mass is 32.2. The van der Waals surface area contributed by atoms with Gasteiger partial charge in [0, 0.05) is 82.7 Å². The SMILES string of the molecule is CC(=O)N[C@H]1[C@H]([C@H](O)[C@H](O)CNc2c(NCc3ccccc3)c(=O)c2=O)O[C@](C=O)(OCCCSCCNC(=O)c2ccc(C(=O)CCCSCCCO[C@]3(C(=O)O)C[C@H](O)[C@@H](NC(C)=O)[C@H]([C@H](O)[C@H](O)CNc4c(NCc5ccccc5)c(=O)c4=O)O3)cc2)C[C@@H]1O. The van der Waals surface area contributed by atoms with Crippen molar-refractivity contribution < 1.29 is 83.5 Å². The second-order valence-corrected chi connectivity index (χ2v) is 25.0. The van der Waals surface area contributed by atoms with Crippen molar-refractivity contribution in [3.05, 3.63) is 148 Å². The first-order valence-corrected chi connectivity index (χ1v) is 32.5. The van der Waals surface area contributed by atoms with Crippen LogP contribution in [0.5, 0.6) is 0 Å². The van der Waals surface area contributed by atoms with Crippen LogP contribution in [0.25, 0.3) is 0 Å². The third kappa shape index (κ3) is 19.6. The molecule has 0 spiro atoms. The number of carboxylic acids is 1. The van der Waals surface area contributed by atoms with Crippen LogP contribution in [0.4, 0.5) is 22.7 Å². The van der Waals surface area contributed by atoms with Gasteiger partial charge >= 0.3 is 5.97 Å². The molecule has 0 aliphatic carbocycles. The van der Waals surface area contributed by atoms with Crippen LogP contribution in [-0.4, -0.2) is 200 Å². The molecule has 0 radical (unpaired) electrons. The van der Waals surface area contributed by atoms with Crippen LogP contribution < -0.4 is 58.9 Å². The number of hydrogen-bond acceptors (Lipinski definition) is 26. The number of aliphatic carboxylic acids is 1. The van der Waals surface area contributed by atoms with Gasteiger partial charge in [0.2, 0.25) is 17.6 Å². The average molecular weight is 1330 g/mol. The molecule has 28 nitrogen and oxygen atoms in total. The van der Waals surface area contributed by atoms with Crippen LogP contribution in [0, 0.1) is 0 Å². The third-order valence-corrected chi connectivity index (χ3v) is 17.8. The molecule has 14 N–H and O–H groups in total. The fraction of sp³-hybridized carbons (Fsp3) is 0.492. The number of carbonyl (C=O) groups is 6. The van der Waals surface area contributed by atoms with Crippen molar-refractivity contribution in [3.63, 3.8) is 0 Å². The summed E-state index contributed by atoms with van der Waals surface area (Å²) in [7, 11) is 0. The second kappa shape index (κ2) is 34.6. The van der Waals surface area contributed by atoms with Crippen LogP contribution in [-0.2, 0) is 51.2 Å². The first kappa shape index (κ1) is 73.0. The fourth-order valence-electron chi connectivity index (χ4n) is 10.6. The Morgan fingerprint density at radius 2 is 1.03 bits per heavy atom. The van der Waals surface area contributed by atoms with Crippen molar-refractivity contribution in [2.75, 3.05) is 77.1 Å². The Morgan fingerprint density at radius 3 is 1.52 bits per heavy atom. The Morgan fingerprint density at radius 1 is 0.591 bits per heavy atom. The number of ketones is 1. The summed E-state index contributed by atoms with van der Waals surface area (Å²) in [5, 5.41) is 96.2. The van der Waals surface area contributed by atoms with Crippen molar-refractivity contribution in [3.8, 4) is 0 Å². The van der Waals surface area contributed by atoms with Crippen LogP contribution in [0.2, 0.25) is 0 Å². The first-order chi connectivity index (χ1) is 44.5. The van der Waals surface area contributed by atoms with E-state index in [9.17, 15) is 83.7 Å². The molecule has 30 heteroatoms. The van der Waals surface area contributed by atoms with Crippen molar-refractivity contribution in [2.45, 2.75) is 138 Å². The number of ether oxygens (including phenoxy) is 4. The number of amides is 3.